The normalized spacial score (nSPS) is 10.0. The monoisotopic (exact) mass is 275 g/mol. The second-order valence-corrected chi connectivity index (χ2v) is 3.42. The van der Waals surface area contributed by atoms with Gasteiger partial charge in [-0.1, -0.05) is 11.6 Å². The summed E-state index contributed by atoms with van der Waals surface area (Å²) in [6.45, 7) is -1.43. The Bertz CT molecular complexity index is 500. The molecule has 7 heteroatoms. The van der Waals surface area contributed by atoms with Crippen LogP contribution in [-0.2, 0) is 4.74 Å². The lowest BCUT2D eigenvalue weighted by Gasteiger charge is -2.10. The Morgan fingerprint density at radius 2 is 2.22 bits per heavy atom. The van der Waals surface area contributed by atoms with Crippen LogP contribution in [0.3, 0.4) is 0 Å². The Morgan fingerprint density at radius 3 is 2.72 bits per heavy atom. The number of hydrogen-bond acceptors (Lipinski definition) is 4. The van der Waals surface area contributed by atoms with Crippen LogP contribution in [0.25, 0.3) is 0 Å². The summed E-state index contributed by atoms with van der Waals surface area (Å²) in [4.78, 5) is 11.5. The molecule has 1 aromatic carbocycles. The molecule has 96 valence electrons. The van der Waals surface area contributed by atoms with Crippen molar-refractivity contribution in [2.75, 3.05) is 6.61 Å². The Morgan fingerprint density at radius 1 is 1.56 bits per heavy atom. The second kappa shape index (κ2) is 6.17. The molecule has 1 rings (SSSR count). The number of benzene rings is 1. The number of ether oxygens (including phenoxy) is 2. The van der Waals surface area contributed by atoms with Crippen LogP contribution in [-0.4, -0.2) is 19.2 Å². The lowest BCUT2D eigenvalue weighted by atomic mass is 10.1. The van der Waals surface area contributed by atoms with E-state index in [1.165, 1.54) is 0 Å². The van der Waals surface area contributed by atoms with Gasteiger partial charge in [-0.25, -0.2) is 4.79 Å². The molecule has 0 N–H and O–H groups in total. The smallest absolute Gasteiger partial charge is 0.387 e. The van der Waals surface area contributed by atoms with Gasteiger partial charge in [-0.2, -0.15) is 14.0 Å². The summed E-state index contributed by atoms with van der Waals surface area (Å²) in [5.74, 6) is -1.24. The van der Waals surface area contributed by atoms with Crippen molar-refractivity contribution in [3.8, 4) is 11.8 Å². The predicted octanol–water partition coefficient (Wildman–Crippen LogP) is 2.99. The summed E-state index contributed by atoms with van der Waals surface area (Å²) in [5.41, 5.74) is -0.216. The Balaban J connectivity index is 3.25. The van der Waals surface area contributed by atoms with Gasteiger partial charge in [0, 0.05) is 0 Å². The summed E-state index contributed by atoms with van der Waals surface area (Å²) in [6, 6.07) is 3.89. The van der Waals surface area contributed by atoms with Crippen LogP contribution >= 0.6 is 11.6 Å². The van der Waals surface area contributed by atoms with Crippen molar-refractivity contribution < 1.29 is 23.0 Å². The fourth-order valence-corrected chi connectivity index (χ4v) is 1.43. The first-order valence-corrected chi connectivity index (χ1v) is 5.23. The fourth-order valence-electron chi connectivity index (χ4n) is 1.20. The largest absolute Gasteiger partial charge is 0.462 e. The molecule has 0 saturated carbocycles. The Labute approximate surface area is 107 Å². The molecule has 0 unspecified atom stereocenters. The maximum atomic E-state index is 12.1. The van der Waals surface area contributed by atoms with E-state index in [2.05, 4.69) is 4.74 Å². The van der Waals surface area contributed by atoms with Crippen molar-refractivity contribution in [3.05, 3.63) is 28.3 Å². The number of halogens is 3. The van der Waals surface area contributed by atoms with Crippen molar-refractivity contribution >= 4 is 17.6 Å². The molecule has 0 spiro atoms. The molecule has 0 aliphatic carbocycles. The van der Waals surface area contributed by atoms with Gasteiger partial charge in [0.2, 0.25) is 0 Å². The number of nitrogens with zero attached hydrogens (tertiary/aromatic N) is 1. The van der Waals surface area contributed by atoms with E-state index >= 15 is 0 Å². The summed E-state index contributed by atoms with van der Waals surface area (Å²) >= 11 is 5.74. The van der Waals surface area contributed by atoms with Gasteiger partial charge >= 0.3 is 12.6 Å². The van der Waals surface area contributed by atoms with Gasteiger partial charge in [0.25, 0.3) is 0 Å². The number of nitriles is 1. The molecular formula is C11H8ClF2NO3. The molecule has 0 atom stereocenters. The number of hydrogen-bond donors (Lipinski definition) is 0. The minimum absolute atomic E-state index is 0.0295. The van der Waals surface area contributed by atoms with Gasteiger partial charge in [-0.3, -0.25) is 0 Å². The maximum Gasteiger partial charge on any atom is 0.387 e. The highest BCUT2D eigenvalue weighted by atomic mass is 35.5. The van der Waals surface area contributed by atoms with Crippen molar-refractivity contribution in [1.29, 1.82) is 5.26 Å². The molecule has 0 aliphatic heterocycles. The summed E-state index contributed by atoms with van der Waals surface area (Å²) in [6.07, 6.45) is 0. The van der Waals surface area contributed by atoms with E-state index in [0.29, 0.717) is 0 Å². The average Bonchev–Trinajstić information content (AvgIpc) is 2.31. The molecule has 0 amide bonds. The molecular weight excluding hydrogens is 268 g/mol. The molecule has 0 fully saturated rings. The van der Waals surface area contributed by atoms with Gasteiger partial charge < -0.3 is 9.47 Å². The Hall–Kier alpha value is -1.87. The van der Waals surface area contributed by atoms with E-state index in [4.69, 9.17) is 21.6 Å². The van der Waals surface area contributed by atoms with Crippen LogP contribution in [0.15, 0.2) is 12.1 Å². The zero-order chi connectivity index (χ0) is 13.7. The highest BCUT2D eigenvalue weighted by Crippen LogP contribution is 2.31. The van der Waals surface area contributed by atoms with Crippen LogP contribution in [0.4, 0.5) is 8.78 Å². The third-order valence-electron chi connectivity index (χ3n) is 1.88. The topological polar surface area (TPSA) is 59.3 Å². The highest BCUT2D eigenvalue weighted by Gasteiger charge is 2.19. The van der Waals surface area contributed by atoms with E-state index < -0.39 is 18.3 Å². The van der Waals surface area contributed by atoms with Crippen molar-refractivity contribution in [3.63, 3.8) is 0 Å². The van der Waals surface area contributed by atoms with Crippen LogP contribution in [0, 0.1) is 11.3 Å². The minimum atomic E-state index is -3.11. The van der Waals surface area contributed by atoms with E-state index in [9.17, 15) is 13.6 Å². The molecule has 0 saturated heterocycles. The first kappa shape index (κ1) is 14.2. The van der Waals surface area contributed by atoms with Crippen LogP contribution in [0.2, 0.25) is 5.02 Å². The SMILES string of the molecule is CCOC(=O)c1cc(C#N)cc(OC(F)F)c1Cl. The first-order chi connectivity index (χ1) is 8.49. The molecule has 0 radical (unpaired) electrons. The second-order valence-electron chi connectivity index (χ2n) is 3.05. The summed E-state index contributed by atoms with van der Waals surface area (Å²) in [7, 11) is 0. The van der Waals surface area contributed by atoms with E-state index in [1.807, 2.05) is 0 Å². The van der Waals surface area contributed by atoms with E-state index in [0.717, 1.165) is 12.1 Å². The van der Waals surface area contributed by atoms with Crippen molar-refractivity contribution in [2.45, 2.75) is 13.5 Å². The van der Waals surface area contributed by atoms with Crippen molar-refractivity contribution in [2.24, 2.45) is 0 Å². The molecule has 0 bridgehead atoms. The highest BCUT2D eigenvalue weighted by molar-refractivity contribution is 6.35. The quantitative estimate of drug-likeness (QED) is 0.793. The maximum absolute atomic E-state index is 12.1. The standard InChI is InChI=1S/C11H8ClF2NO3/c1-2-17-10(16)7-3-6(5-15)4-8(9(7)12)18-11(13)14/h3-4,11H,2H2,1H3. The minimum Gasteiger partial charge on any atom is -0.462 e. The van der Waals surface area contributed by atoms with E-state index in [-0.39, 0.29) is 22.8 Å². The zero-order valence-corrected chi connectivity index (χ0v) is 10.0. The molecule has 1 aromatic rings. The molecule has 4 nitrogen and oxygen atoms in total. The zero-order valence-electron chi connectivity index (χ0n) is 9.25. The number of rotatable bonds is 4. The van der Waals surface area contributed by atoms with Crippen LogP contribution < -0.4 is 4.74 Å². The third-order valence-corrected chi connectivity index (χ3v) is 2.27. The summed E-state index contributed by atoms with van der Waals surface area (Å²) < 4.78 is 33.1. The fraction of sp³-hybridized carbons (Fsp3) is 0.273. The summed E-state index contributed by atoms with van der Waals surface area (Å²) in [5, 5.41) is 8.42. The van der Waals surface area contributed by atoms with Crippen LogP contribution in [0.1, 0.15) is 22.8 Å². The van der Waals surface area contributed by atoms with Gasteiger partial charge in [0.15, 0.2) is 0 Å². The van der Waals surface area contributed by atoms with Crippen LogP contribution in [0.5, 0.6) is 5.75 Å². The van der Waals surface area contributed by atoms with Crippen molar-refractivity contribution in [1.82, 2.24) is 0 Å². The van der Waals surface area contributed by atoms with Gasteiger partial charge in [-0.05, 0) is 19.1 Å². The van der Waals surface area contributed by atoms with E-state index in [1.54, 1.807) is 13.0 Å². The number of alkyl halides is 2. The molecule has 18 heavy (non-hydrogen) atoms. The number of carbonyl (C=O) groups is 1. The molecule has 0 aliphatic rings. The first-order valence-electron chi connectivity index (χ1n) is 4.85. The number of carbonyl (C=O) groups excluding carboxylic acids is 1. The Kier molecular flexibility index (Phi) is 4.86. The third kappa shape index (κ3) is 3.31. The predicted molar refractivity (Wildman–Crippen MR) is 58.8 cm³/mol. The lowest BCUT2D eigenvalue weighted by Crippen LogP contribution is -2.09. The van der Waals surface area contributed by atoms with Gasteiger partial charge in [0.1, 0.15) is 5.75 Å². The lowest BCUT2D eigenvalue weighted by molar-refractivity contribution is -0.0498. The average molecular weight is 276 g/mol. The van der Waals surface area contributed by atoms with Gasteiger partial charge in [0.05, 0.1) is 28.8 Å². The molecule has 0 heterocycles. The molecule has 0 aromatic heterocycles. The number of esters is 1. The van der Waals surface area contributed by atoms with Gasteiger partial charge in [-0.15, -0.1) is 0 Å².